The number of hydrogen-bond donors (Lipinski definition) is 2. The van der Waals surface area contributed by atoms with E-state index >= 15 is 0 Å². The number of nitrogens with zero attached hydrogens (tertiary/aromatic N) is 2. The Bertz CT molecular complexity index is 470. The van der Waals surface area contributed by atoms with Crippen LogP contribution in [0.5, 0.6) is 0 Å². The number of rotatable bonds is 4. The van der Waals surface area contributed by atoms with Crippen molar-refractivity contribution >= 4 is 17.7 Å². The number of amides is 1. The number of hydrogen-bond acceptors (Lipinski definition) is 4. The number of nitrogens with one attached hydrogen (secondary N) is 1. The van der Waals surface area contributed by atoms with Crippen molar-refractivity contribution < 1.29 is 14.7 Å². The quantitative estimate of drug-likeness (QED) is 0.867. The van der Waals surface area contributed by atoms with E-state index in [1.807, 2.05) is 0 Å². The molecule has 1 saturated carbocycles. The minimum atomic E-state index is -1.19. The summed E-state index contributed by atoms with van der Waals surface area (Å²) in [5.41, 5.74) is -0.223. The van der Waals surface area contributed by atoms with Crippen molar-refractivity contribution in [2.75, 3.05) is 5.32 Å². The summed E-state index contributed by atoms with van der Waals surface area (Å²) >= 11 is 0. The van der Waals surface area contributed by atoms with Gasteiger partial charge in [0.05, 0.1) is 0 Å². The van der Waals surface area contributed by atoms with Crippen LogP contribution in [0.1, 0.15) is 49.0 Å². The Morgan fingerprint density at radius 2 is 1.89 bits per heavy atom. The van der Waals surface area contributed by atoms with Gasteiger partial charge in [0.1, 0.15) is 0 Å². The van der Waals surface area contributed by atoms with E-state index in [1.54, 1.807) is 0 Å². The highest BCUT2D eigenvalue weighted by Crippen LogP contribution is 2.26. The van der Waals surface area contributed by atoms with E-state index in [4.69, 9.17) is 5.11 Å². The minimum Gasteiger partial charge on any atom is -0.476 e. The molecule has 2 rings (SSSR count). The Kier molecular flexibility index (Phi) is 4.43. The summed E-state index contributed by atoms with van der Waals surface area (Å²) < 4.78 is 0. The normalized spacial score (nSPS) is 16.0. The van der Waals surface area contributed by atoms with Crippen LogP contribution in [0, 0.1) is 5.92 Å². The lowest BCUT2D eigenvalue weighted by atomic mass is 9.87. The third-order valence-electron chi connectivity index (χ3n) is 3.36. The smallest absolute Gasteiger partial charge is 0.358 e. The van der Waals surface area contributed by atoms with Gasteiger partial charge in [0.25, 0.3) is 0 Å². The summed E-state index contributed by atoms with van der Waals surface area (Å²) in [6, 6.07) is 0. The first-order valence-electron chi connectivity index (χ1n) is 6.51. The largest absolute Gasteiger partial charge is 0.476 e. The Morgan fingerprint density at radius 1 is 1.21 bits per heavy atom. The molecule has 1 heterocycles. The Labute approximate surface area is 111 Å². The monoisotopic (exact) mass is 263 g/mol. The first kappa shape index (κ1) is 13.5. The molecule has 0 bridgehead atoms. The highest BCUT2D eigenvalue weighted by atomic mass is 16.4. The van der Waals surface area contributed by atoms with E-state index in [0.717, 1.165) is 12.8 Å². The average molecular weight is 263 g/mol. The van der Waals surface area contributed by atoms with Gasteiger partial charge in [0.15, 0.2) is 11.5 Å². The fourth-order valence-corrected chi connectivity index (χ4v) is 2.42. The van der Waals surface area contributed by atoms with Gasteiger partial charge in [0.2, 0.25) is 5.91 Å². The zero-order chi connectivity index (χ0) is 13.7. The second kappa shape index (κ2) is 6.26. The molecule has 0 aromatic carbocycles. The van der Waals surface area contributed by atoms with Gasteiger partial charge in [0, 0.05) is 18.8 Å². The molecule has 6 heteroatoms. The molecule has 0 atom stereocenters. The highest BCUT2D eigenvalue weighted by molar-refractivity contribution is 5.97. The van der Waals surface area contributed by atoms with Gasteiger partial charge < -0.3 is 10.4 Å². The Balaban J connectivity index is 1.96. The van der Waals surface area contributed by atoms with Gasteiger partial charge in [-0.2, -0.15) is 0 Å². The van der Waals surface area contributed by atoms with Crippen molar-refractivity contribution in [3.63, 3.8) is 0 Å². The summed E-state index contributed by atoms with van der Waals surface area (Å²) in [5, 5.41) is 11.5. The van der Waals surface area contributed by atoms with Crippen molar-refractivity contribution in [2.24, 2.45) is 5.92 Å². The molecule has 19 heavy (non-hydrogen) atoms. The van der Waals surface area contributed by atoms with Crippen LogP contribution in [0.15, 0.2) is 12.4 Å². The average Bonchev–Trinajstić information content (AvgIpc) is 2.40. The van der Waals surface area contributed by atoms with E-state index < -0.39 is 5.97 Å². The molecule has 1 aliphatic rings. The standard InChI is InChI=1S/C13H17N3O3/c17-10(8-9-4-2-1-3-5-9)16-12-11(13(18)19)14-6-7-15-12/h6-7,9H,1-5,8H2,(H,18,19)(H,15,16,17). The number of carbonyl (C=O) groups is 2. The number of carboxylic acid groups (broad SMARTS) is 1. The number of aromatic carboxylic acids is 1. The second-order valence-electron chi connectivity index (χ2n) is 4.82. The van der Waals surface area contributed by atoms with Crippen LogP contribution in [0.4, 0.5) is 5.82 Å². The third-order valence-corrected chi connectivity index (χ3v) is 3.36. The predicted molar refractivity (Wildman–Crippen MR) is 68.8 cm³/mol. The Hall–Kier alpha value is -1.98. The lowest BCUT2D eigenvalue weighted by molar-refractivity contribution is -0.117. The second-order valence-corrected chi connectivity index (χ2v) is 4.82. The van der Waals surface area contributed by atoms with Crippen LogP contribution >= 0.6 is 0 Å². The van der Waals surface area contributed by atoms with Crippen LogP contribution in [0.2, 0.25) is 0 Å². The molecule has 1 aromatic rings. The topological polar surface area (TPSA) is 92.2 Å². The van der Waals surface area contributed by atoms with E-state index in [0.29, 0.717) is 12.3 Å². The van der Waals surface area contributed by atoms with Gasteiger partial charge in [-0.25, -0.2) is 14.8 Å². The molecule has 0 unspecified atom stereocenters. The fourth-order valence-electron chi connectivity index (χ4n) is 2.42. The summed E-state index contributed by atoms with van der Waals surface area (Å²) in [4.78, 5) is 30.4. The first-order valence-corrected chi connectivity index (χ1v) is 6.51. The van der Waals surface area contributed by atoms with Crippen LogP contribution in [0.25, 0.3) is 0 Å². The van der Waals surface area contributed by atoms with Crippen LogP contribution in [-0.4, -0.2) is 27.0 Å². The molecular formula is C13H17N3O3. The number of carboxylic acids is 1. The van der Waals surface area contributed by atoms with Gasteiger partial charge in [-0.05, 0) is 18.8 Å². The van der Waals surface area contributed by atoms with Crippen LogP contribution < -0.4 is 5.32 Å². The van der Waals surface area contributed by atoms with Crippen molar-refractivity contribution in [1.82, 2.24) is 9.97 Å². The molecule has 6 nitrogen and oxygen atoms in total. The van der Waals surface area contributed by atoms with Crippen molar-refractivity contribution in [1.29, 1.82) is 0 Å². The van der Waals surface area contributed by atoms with Crippen molar-refractivity contribution in [3.8, 4) is 0 Å². The molecule has 1 aromatic heterocycles. The Morgan fingerprint density at radius 3 is 2.58 bits per heavy atom. The molecule has 0 aliphatic heterocycles. The molecule has 0 radical (unpaired) electrons. The van der Waals surface area contributed by atoms with Crippen LogP contribution in [0.3, 0.4) is 0 Å². The molecule has 102 valence electrons. The third kappa shape index (κ3) is 3.74. The summed E-state index contributed by atoms with van der Waals surface area (Å²) in [6.07, 6.45) is 8.80. The molecule has 2 N–H and O–H groups in total. The summed E-state index contributed by atoms with van der Waals surface area (Å²) in [7, 11) is 0. The molecule has 1 amide bonds. The van der Waals surface area contributed by atoms with Crippen molar-refractivity contribution in [3.05, 3.63) is 18.1 Å². The maximum Gasteiger partial charge on any atom is 0.358 e. The predicted octanol–water partition coefficient (Wildman–Crippen LogP) is 2.08. The summed E-state index contributed by atoms with van der Waals surface area (Å²) in [5.74, 6) is -0.953. The van der Waals surface area contributed by atoms with Crippen LogP contribution in [-0.2, 0) is 4.79 Å². The number of anilines is 1. The molecule has 1 aliphatic carbocycles. The zero-order valence-corrected chi connectivity index (χ0v) is 10.6. The van der Waals surface area contributed by atoms with E-state index in [2.05, 4.69) is 15.3 Å². The zero-order valence-electron chi connectivity index (χ0n) is 10.6. The van der Waals surface area contributed by atoms with E-state index in [1.165, 1.54) is 31.7 Å². The molecule has 0 saturated heterocycles. The van der Waals surface area contributed by atoms with Crippen molar-refractivity contribution in [2.45, 2.75) is 38.5 Å². The van der Waals surface area contributed by atoms with Gasteiger partial charge in [-0.3, -0.25) is 4.79 Å². The van der Waals surface area contributed by atoms with E-state index in [-0.39, 0.29) is 17.4 Å². The lowest BCUT2D eigenvalue weighted by Gasteiger charge is -2.20. The van der Waals surface area contributed by atoms with Gasteiger partial charge in [-0.1, -0.05) is 19.3 Å². The molecule has 0 spiro atoms. The number of carbonyl (C=O) groups excluding carboxylic acids is 1. The lowest BCUT2D eigenvalue weighted by Crippen LogP contribution is -2.20. The first-order chi connectivity index (χ1) is 9.16. The SMILES string of the molecule is O=C(CC1CCCCC1)Nc1nccnc1C(=O)O. The molecule has 1 fully saturated rings. The maximum absolute atomic E-state index is 11.9. The van der Waals surface area contributed by atoms with Gasteiger partial charge in [-0.15, -0.1) is 0 Å². The molecular weight excluding hydrogens is 246 g/mol. The number of aromatic nitrogens is 2. The minimum absolute atomic E-state index is 0.0239. The fraction of sp³-hybridized carbons (Fsp3) is 0.538. The summed E-state index contributed by atoms with van der Waals surface area (Å²) in [6.45, 7) is 0. The van der Waals surface area contributed by atoms with Gasteiger partial charge >= 0.3 is 5.97 Å². The maximum atomic E-state index is 11.9. The highest BCUT2D eigenvalue weighted by Gasteiger charge is 2.19. The van der Waals surface area contributed by atoms with E-state index in [9.17, 15) is 9.59 Å².